The number of halogens is 1. The van der Waals surface area contributed by atoms with Crippen LogP contribution in [0.1, 0.15) is 16.8 Å². The Morgan fingerprint density at radius 2 is 1.95 bits per heavy atom. The summed E-state index contributed by atoms with van der Waals surface area (Å²) in [4.78, 5) is 23.5. The number of aliphatic hydroxyl groups is 1. The topological polar surface area (TPSA) is 90.5 Å². The molecule has 0 aliphatic carbocycles. The summed E-state index contributed by atoms with van der Waals surface area (Å²) in [5.41, 5.74) is 0.559. The van der Waals surface area contributed by atoms with Crippen molar-refractivity contribution in [2.24, 2.45) is 5.92 Å². The summed E-state index contributed by atoms with van der Waals surface area (Å²) in [6.45, 7) is 2.02. The number of rotatable bonds is 6. The molecule has 0 aromatic heterocycles. The lowest BCUT2D eigenvalue weighted by molar-refractivity contribution is -0.121. The first kappa shape index (κ1) is 16.9. The van der Waals surface area contributed by atoms with Crippen LogP contribution in [0.3, 0.4) is 0 Å². The van der Waals surface area contributed by atoms with E-state index < -0.39 is 6.10 Å². The number of carbonyl (C=O) groups is 2. The van der Waals surface area contributed by atoms with E-state index in [0.29, 0.717) is 25.2 Å². The monoisotopic (exact) mass is 369 g/mol. The fraction of sp³-hybridized carbons (Fsp3) is 0.467. The highest BCUT2D eigenvalue weighted by molar-refractivity contribution is 9.10. The zero-order chi connectivity index (χ0) is 15.9. The van der Waals surface area contributed by atoms with Gasteiger partial charge in [-0.3, -0.25) is 9.59 Å². The van der Waals surface area contributed by atoms with E-state index in [1.807, 2.05) is 0 Å². The van der Waals surface area contributed by atoms with Crippen molar-refractivity contribution < 1.29 is 14.7 Å². The second kappa shape index (κ2) is 8.26. The van der Waals surface area contributed by atoms with Crippen molar-refractivity contribution in [3.63, 3.8) is 0 Å². The summed E-state index contributed by atoms with van der Waals surface area (Å²) in [5.74, 6) is -0.271. The van der Waals surface area contributed by atoms with Crippen LogP contribution in [-0.2, 0) is 4.79 Å². The van der Waals surface area contributed by atoms with Gasteiger partial charge in [-0.2, -0.15) is 0 Å². The van der Waals surface area contributed by atoms with Crippen LogP contribution in [0.25, 0.3) is 0 Å². The minimum absolute atomic E-state index is 0.0568. The van der Waals surface area contributed by atoms with Crippen LogP contribution in [0.5, 0.6) is 0 Å². The first-order valence-corrected chi connectivity index (χ1v) is 8.05. The number of hydrogen-bond donors (Lipinski definition) is 4. The molecule has 6 nitrogen and oxygen atoms in total. The lowest BCUT2D eigenvalue weighted by atomic mass is 10.1. The van der Waals surface area contributed by atoms with Gasteiger partial charge in [0.05, 0.1) is 6.10 Å². The maximum absolute atomic E-state index is 11.8. The van der Waals surface area contributed by atoms with Crippen molar-refractivity contribution in [3.05, 3.63) is 34.3 Å². The predicted octanol–water partition coefficient (Wildman–Crippen LogP) is 0.265. The molecule has 2 unspecified atom stereocenters. The molecule has 2 atom stereocenters. The minimum atomic E-state index is -0.405. The Hall–Kier alpha value is -1.44. The third-order valence-electron chi connectivity index (χ3n) is 3.61. The van der Waals surface area contributed by atoms with Gasteiger partial charge in [0.25, 0.3) is 5.91 Å². The Morgan fingerprint density at radius 1 is 1.23 bits per heavy atom. The van der Waals surface area contributed by atoms with Crippen LogP contribution in [0.2, 0.25) is 0 Å². The Balaban J connectivity index is 1.64. The first-order chi connectivity index (χ1) is 10.6. The molecule has 0 bridgehead atoms. The fourth-order valence-corrected chi connectivity index (χ4v) is 2.52. The van der Waals surface area contributed by atoms with E-state index in [2.05, 4.69) is 31.9 Å². The van der Waals surface area contributed by atoms with Gasteiger partial charge in [-0.25, -0.2) is 0 Å². The average molecular weight is 370 g/mol. The number of amides is 2. The van der Waals surface area contributed by atoms with Gasteiger partial charge in [0.1, 0.15) is 0 Å². The standard InChI is InChI=1S/C15H20BrN3O3/c16-12-3-1-10(2-4-12)15(22)18-6-5-14(21)19-8-11-7-17-9-13(11)20/h1-4,11,13,17,20H,5-9H2,(H,18,22)(H,19,21). The van der Waals surface area contributed by atoms with Crippen molar-refractivity contribution >= 4 is 27.7 Å². The number of hydrogen-bond acceptors (Lipinski definition) is 4. The zero-order valence-corrected chi connectivity index (χ0v) is 13.7. The Kier molecular flexibility index (Phi) is 6.35. The smallest absolute Gasteiger partial charge is 0.251 e. The molecule has 4 N–H and O–H groups in total. The third kappa shape index (κ3) is 5.08. The number of β-amino-alcohol motifs (C(OH)–C–C–N with tert-alkyl or cyclic N) is 1. The molecule has 1 aliphatic rings. The maximum atomic E-state index is 11.8. The highest BCUT2D eigenvalue weighted by atomic mass is 79.9. The van der Waals surface area contributed by atoms with Crippen LogP contribution in [0.4, 0.5) is 0 Å². The molecule has 1 fully saturated rings. The summed E-state index contributed by atoms with van der Waals surface area (Å²) in [7, 11) is 0. The summed E-state index contributed by atoms with van der Waals surface area (Å²) < 4.78 is 0.909. The van der Waals surface area contributed by atoms with Crippen molar-refractivity contribution in [1.82, 2.24) is 16.0 Å². The molecule has 1 saturated heterocycles. The lowest BCUT2D eigenvalue weighted by Crippen LogP contribution is -2.36. The second-order valence-electron chi connectivity index (χ2n) is 5.30. The molecule has 22 heavy (non-hydrogen) atoms. The predicted molar refractivity (Wildman–Crippen MR) is 86.5 cm³/mol. The summed E-state index contributed by atoms with van der Waals surface area (Å²) in [5, 5.41) is 18.2. The van der Waals surface area contributed by atoms with Crippen LogP contribution in [-0.4, -0.2) is 49.2 Å². The summed E-state index contributed by atoms with van der Waals surface area (Å²) in [6, 6.07) is 7.02. The van der Waals surface area contributed by atoms with Gasteiger partial charge in [0.15, 0.2) is 0 Å². The Bertz CT molecular complexity index is 521. The van der Waals surface area contributed by atoms with E-state index in [0.717, 1.165) is 4.47 Å². The molecule has 120 valence electrons. The molecule has 2 rings (SSSR count). The molecule has 1 aromatic rings. The van der Waals surface area contributed by atoms with E-state index in [4.69, 9.17) is 0 Å². The Labute approximate surface area is 137 Å². The van der Waals surface area contributed by atoms with E-state index in [1.54, 1.807) is 24.3 Å². The van der Waals surface area contributed by atoms with Gasteiger partial charge in [-0.05, 0) is 24.3 Å². The molecular weight excluding hydrogens is 350 g/mol. The number of benzene rings is 1. The molecule has 0 saturated carbocycles. The van der Waals surface area contributed by atoms with E-state index in [-0.39, 0.29) is 30.7 Å². The lowest BCUT2D eigenvalue weighted by Gasteiger charge is -2.14. The minimum Gasteiger partial charge on any atom is -0.391 e. The fourth-order valence-electron chi connectivity index (χ4n) is 2.25. The van der Waals surface area contributed by atoms with E-state index >= 15 is 0 Å². The quantitative estimate of drug-likeness (QED) is 0.579. The highest BCUT2D eigenvalue weighted by Gasteiger charge is 2.24. The second-order valence-corrected chi connectivity index (χ2v) is 6.22. The summed E-state index contributed by atoms with van der Waals surface area (Å²) >= 11 is 3.31. The van der Waals surface area contributed by atoms with E-state index in [1.165, 1.54) is 0 Å². The average Bonchev–Trinajstić information content (AvgIpc) is 2.91. The molecule has 7 heteroatoms. The Morgan fingerprint density at radius 3 is 2.59 bits per heavy atom. The normalized spacial score (nSPS) is 20.6. The zero-order valence-electron chi connectivity index (χ0n) is 12.1. The van der Waals surface area contributed by atoms with Crippen molar-refractivity contribution in [1.29, 1.82) is 0 Å². The molecule has 1 aromatic carbocycles. The van der Waals surface area contributed by atoms with Crippen molar-refractivity contribution in [2.45, 2.75) is 12.5 Å². The van der Waals surface area contributed by atoms with Crippen LogP contribution >= 0.6 is 15.9 Å². The largest absolute Gasteiger partial charge is 0.391 e. The van der Waals surface area contributed by atoms with Gasteiger partial charge in [0.2, 0.25) is 5.91 Å². The van der Waals surface area contributed by atoms with Crippen LogP contribution in [0, 0.1) is 5.92 Å². The van der Waals surface area contributed by atoms with Crippen LogP contribution in [0.15, 0.2) is 28.7 Å². The van der Waals surface area contributed by atoms with Crippen molar-refractivity contribution in [2.75, 3.05) is 26.2 Å². The van der Waals surface area contributed by atoms with E-state index in [9.17, 15) is 14.7 Å². The third-order valence-corrected chi connectivity index (χ3v) is 4.14. The molecule has 0 radical (unpaired) electrons. The first-order valence-electron chi connectivity index (χ1n) is 7.25. The van der Waals surface area contributed by atoms with Gasteiger partial charge >= 0.3 is 0 Å². The number of nitrogens with one attached hydrogen (secondary N) is 3. The molecular formula is C15H20BrN3O3. The molecule has 1 heterocycles. The van der Waals surface area contributed by atoms with Crippen molar-refractivity contribution in [3.8, 4) is 0 Å². The molecule has 0 spiro atoms. The number of carbonyl (C=O) groups excluding carboxylic acids is 2. The molecule has 2 amide bonds. The SMILES string of the molecule is O=C(CCNC(=O)c1ccc(Br)cc1)NCC1CNCC1O. The summed E-state index contributed by atoms with van der Waals surface area (Å²) in [6.07, 6.45) is -0.184. The molecule has 1 aliphatic heterocycles. The maximum Gasteiger partial charge on any atom is 0.251 e. The highest BCUT2D eigenvalue weighted by Crippen LogP contribution is 2.10. The van der Waals surface area contributed by atoms with Gasteiger partial charge in [-0.1, -0.05) is 15.9 Å². The van der Waals surface area contributed by atoms with Gasteiger partial charge in [0, 0.05) is 48.6 Å². The van der Waals surface area contributed by atoms with Gasteiger partial charge < -0.3 is 21.1 Å². The number of aliphatic hydroxyl groups excluding tert-OH is 1. The van der Waals surface area contributed by atoms with Gasteiger partial charge in [-0.15, -0.1) is 0 Å². The van der Waals surface area contributed by atoms with Crippen LogP contribution < -0.4 is 16.0 Å².